The summed E-state index contributed by atoms with van der Waals surface area (Å²) in [7, 11) is 0. The molecule has 1 aliphatic heterocycles. The number of piperazine rings is 1. The highest BCUT2D eigenvalue weighted by atomic mass is 19.1. The first-order valence-electron chi connectivity index (χ1n) is 9.73. The van der Waals surface area contributed by atoms with Gasteiger partial charge in [0.15, 0.2) is 0 Å². The lowest BCUT2D eigenvalue weighted by atomic mass is 9.89. The average molecular weight is 347 g/mol. The monoisotopic (exact) mass is 347 g/mol. The predicted molar refractivity (Wildman–Crippen MR) is 99.3 cm³/mol. The molecule has 0 atom stereocenters. The van der Waals surface area contributed by atoms with Crippen molar-refractivity contribution in [3.8, 4) is 0 Å². The van der Waals surface area contributed by atoms with Gasteiger partial charge in [0.2, 0.25) is 5.91 Å². The number of amides is 1. The van der Waals surface area contributed by atoms with Gasteiger partial charge in [-0.15, -0.1) is 0 Å². The van der Waals surface area contributed by atoms with Crippen LogP contribution in [0.1, 0.15) is 38.5 Å². The maximum Gasteiger partial charge on any atom is 0.223 e. The van der Waals surface area contributed by atoms with Gasteiger partial charge in [-0.05, 0) is 50.1 Å². The van der Waals surface area contributed by atoms with E-state index in [1.807, 2.05) is 12.1 Å². The number of hydrogen-bond donors (Lipinski definition) is 1. The van der Waals surface area contributed by atoms with Crippen LogP contribution in [0.4, 0.5) is 10.1 Å². The van der Waals surface area contributed by atoms with Crippen LogP contribution in [0.15, 0.2) is 24.3 Å². The van der Waals surface area contributed by atoms with E-state index in [1.165, 1.54) is 31.4 Å². The minimum Gasteiger partial charge on any atom is -0.369 e. The molecular formula is C20H30FN3O. The Morgan fingerprint density at radius 2 is 1.72 bits per heavy atom. The normalized spacial score (nSPS) is 19.8. The first-order chi connectivity index (χ1) is 12.2. The second-order valence-electron chi connectivity index (χ2n) is 7.28. The van der Waals surface area contributed by atoms with Crippen molar-refractivity contribution < 1.29 is 9.18 Å². The maximum absolute atomic E-state index is 13.0. The number of hydrogen-bond acceptors (Lipinski definition) is 3. The van der Waals surface area contributed by atoms with Crippen LogP contribution >= 0.6 is 0 Å². The summed E-state index contributed by atoms with van der Waals surface area (Å²) in [6.45, 7) is 5.80. The van der Waals surface area contributed by atoms with Crippen LogP contribution in [-0.2, 0) is 4.79 Å². The molecule has 1 saturated heterocycles. The molecule has 5 heteroatoms. The van der Waals surface area contributed by atoms with Gasteiger partial charge in [0, 0.05) is 44.3 Å². The SMILES string of the molecule is O=C(NCCCN1CCN(c2ccc(F)cc2)CC1)C1CCCCC1. The van der Waals surface area contributed by atoms with E-state index >= 15 is 0 Å². The molecule has 25 heavy (non-hydrogen) atoms. The highest BCUT2D eigenvalue weighted by molar-refractivity contribution is 5.78. The molecule has 0 spiro atoms. The summed E-state index contributed by atoms with van der Waals surface area (Å²) in [4.78, 5) is 16.9. The van der Waals surface area contributed by atoms with Crippen LogP contribution in [0.3, 0.4) is 0 Å². The van der Waals surface area contributed by atoms with Gasteiger partial charge in [-0.1, -0.05) is 19.3 Å². The Morgan fingerprint density at radius 3 is 2.40 bits per heavy atom. The summed E-state index contributed by atoms with van der Waals surface area (Å²) in [5, 5.41) is 3.12. The quantitative estimate of drug-likeness (QED) is 0.804. The molecule has 0 radical (unpaired) electrons. The first-order valence-corrected chi connectivity index (χ1v) is 9.73. The van der Waals surface area contributed by atoms with Crippen molar-refractivity contribution in [2.75, 3.05) is 44.2 Å². The van der Waals surface area contributed by atoms with Crippen molar-refractivity contribution >= 4 is 11.6 Å². The Kier molecular flexibility index (Phi) is 6.68. The van der Waals surface area contributed by atoms with E-state index in [0.717, 1.165) is 64.2 Å². The van der Waals surface area contributed by atoms with Crippen molar-refractivity contribution in [2.24, 2.45) is 5.92 Å². The zero-order valence-electron chi connectivity index (χ0n) is 15.1. The Balaban J connectivity index is 1.30. The van der Waals surface area contributed by atoms with E-state index in [-0.39, 0.29) is 17.6 Å². The lowest BCUT2D eigenvalue weighted by Crippen LogP contribution is -2.47. The van der Waals surface area contributed by atoms with Crippen molar-refractivity contribution in [1.82, 2.24) is 10.2 Å². The van der Waals surface area contributed by atoms with Crippen LogP contribution in [0.5, 0.6) is 0 Å². The zero-order valence-corrected chi connectivity index (χ0v) is 15.1. The zero-order chi connectivity index (χ0) is 17.5. The van der Waals surface area contributed by atoms with Gasteiger partial charge in [0.05, 0.1) is 0 Å². The van der Waals surface area contributed by atoms with E-state index in [1.54, 1.807) is 0 Å². The molecule has 3 rings (SSSR count). The minimum absolute atomic E-state index is 0.183. The average Bonchev–Trinajstić information content (AvgIpc) is 2.67. The highest BCUT2D eigenvalue weighted by Gasteiger charge is 2.21. The molecule has 1 amide bonds. The Labute approximate surface area is 150 Å². The molecule has 1 aromatic rings. The summed E-state index contributed by atoms with van der Waals surface area (Å²) in [5.41, 5.74) is 1.10. The maximum atomic E-state index is 13.0. The van der Waals surface area contributed by atoms with Crippen LogP contribution in [-0.4, -0.2) is 50.1 Å². The van der Waals surface area contributed by atoms with Gasteiger partial charge < -0.3 is 10.2 Å². The van der Waals surface area contributed by atoms with Crippen molar-refractivity contribution in [1.29, 1.82) is 0 Å². The van der Waals surface area contributed by atoms with Gasteiger partial charge in [-0.25, -0.2) is 4.39 Å². The smallest absolute Gasteiger partial charge is 0.223 e. The fourth-order valence-electron chi connectivity index (χ4n) is 3.90. The van der Waals surface area contributed by atoms with Gasteiger partial charge in [-0.2, -0.15) is 0 Å². The van der Waals surface area contributed by atoms with Gasteiger partial charge in [0.25, 0.3) is 0 Å². The lowest BCUT2D eigenvalue weighted by molar-refractivity contribution is -0.125. The van der Waals surface area contributed by atoms with Crippen LogP contribution in [0.25, 0.3) is 0 Å². The van der Waals surface area contributed by atoms with Crippen molar-refractivity contribution in [2.45, 2.75) is 38.5 Å². The summed E-state index contributed by atoms with van der Waals surface area (Å²) >= 11 is 0. The third-order valence-corrected chi connectivity index (χ3v) is 5.49. The van der Waals surface area contributed by atoms with E-state index in [2.05, 4.69) is 15.1 Å². The topological polar surface area (TPSA) is 35.6 Å². The third-order valence-electron chi connectivity index (χ3n) is 5.49. The summed E-state index contributed by atoms with van der Waals surface area (Å²) < 4.78 is 13.0. The number of carbonyl (C=O) groups excluding carboxylic acids is 1. The van der Waals surface area contributed by atoms with Gasteiger partial charge in [0.1, 0.15) is 5.82 Å². The molecule has 4 nitrogen and oxygen atoms in total. The second-order valence-corrected chi connectivity index (χ2v) is 7.28. The number of rotatable bonds is 6. The highest BCUT2D eigenvalue weighted by Crippen LogP contribution is 2.23. The molecule has 1 heterocycles. The molecular weight excluding hydrogens is 317 g/mol. The lowest BCUT2D eigenvalue weighted by Gasteiger charge is -2.36. The molecule has 1 aliphatic carbocycles. The predicted octanol–water partition coefficient (Wildman–Crippen LogP) is 3.03. The molecule has 0 unspecified atom stereocenters. The number of nitrogens with one attached hydrogen (secondary N) is 1. The fourth-order valence-corrected chi connectivity index (χ4v) is 3.90. The fraction of sp³-hybridized carbons (Fsp3) is 0.650. The van der Waals surface area contributed by atoms with Gasteiger partial charge >= 0.3 is 0 Å². The summed E-state index contributed by atoms with van der Waals surface area (Å²) in [6.07, 6.45) is 6.84. The largest absolute Gasteiger partial charge is 0.369 e. The van der Waals surface area contributed by atoms with Crippen LogP contribution in [0, 0.1) is 11.7 Å². The molecule has 1 aromatic carbocycles. The number of carbonyl (C=O) groups is 1. The number of nitrogens with zero attached hydrogens (tertiary/aromatic N) is 2. The van der Waals surface area contributed by atoms with Crippen molar-refractivity contribution in [3.63, 3.8) is 0 Å². The molecule has 0 bridgehead atoms. The molecule has 0 aromatic heterocycles. The van der Waals surface area contributed by atoms with E-state index in [0.29, 0.717) is 0 Å². The van der Waals surface area contributed by atoms with Gasteiger partial charge in [-0.3, -0.25) is 9.69 Å². The van der Waals surface area contributed by atoms with Crippen LogP contribution in [0.2, 0.25) is 0 Å². The van der Waals surface area contributed by atoms with E-state index in [9.17, 15) is 9.18 Å². The molecule has 138 valence electrons. The molecule has 2 aliphatic rings. The minimum atomic E-state index is -0.183. The third kappa shape index (κ3) is 5.43. The standard InChI is InChI=1S/C20H30FN3O/c21-18-7-9-19(10-8-18)24-15-13-23(14-16-24)12-4-11-22-20(25)17-5-2-1-3-6-17/h7-10,17H,1-6,11-16H2,(H,22,25). The molecule has 2 fully saturated rings. The number of halogens is 1. The van der Waals surface area contributed by atoms with E-state index in [4.69, 9.17) is 0 Å². The molecule has 1 N–H and O–H groups in total. The van der Waals surface area contributed by atoms with E-state index < -0.39 is 0 Å². The summed E-state index contributed by atoms with van der Waals surface area (Å²) in [5.74, 6) is 0.339. The Bertz CT molecular complexity index is 534. The Morgan fingerprint density at radius 1 is 1.04 bits per heavy atom. The second kappa shape index (κ2) is 9.18. The summed E-state index contributed by atoms with van der Waals surface area (Å²) in [6, 6.07) is 6.75. The van der Waals surface area contributed by atoms with Crippen LogP contribution < -0.4 is 10.2 Å². The Hall–Kier alpha value is -1.62. The number of anilines is 1. The number of benzene rings is 1. The molecule has 1 saturated carbocycles. The first kappa shape index (κ1) is 18.2. The van der Waals surface area contributed by atoms with Crippen molar-refractivity contribution in [3.05, 3.63) is 30.1 Å².